The number of fused-ring (bicyclic) bond motifs is 1. The highest BCUT2D eigenvalue weighted by Crippen LogP contribution is 2.36. The van der Waals surface area contributed by atoms with Crippen LogP contribution in [0.15, 0.2) is 34.0 Å². The van der Waals surface area contributed by atoms with Crippen molar-refractivity contribution in [2.75, 3.05) is 0 Å². The quantitative estimate of drug-likeness (QED) is 0.681. The van der Waals surface area contributed by atoms with Gasteiger partial charge in [0.25, 0.3) is 0 Å². The molecule has 2 rings (SSSR count). The molecule has 0 saturated heterocycles. The van der Waals surface area contributed by atoms with E-state index < -0.39 is 0 Å². The van der Waals surface area contributed by atoms with Gasteiger partial charge in [-0.05, 0) is 46.8 Å². The Balaban J connectivity index is 2.25. The number of carbonyl (C=O) groups excluding carboxylic acids is 1. The van der Waals surface area contributed by atoms with Crippen LogP contribution in [-0.2, 0) is 9.53 Å². The summed E-state index contributed by atoms with van der Waals surface area (Å²) in [6.07, 6.45) is 9.87. The minimum atomic E-state index is -0.276. The summed E-state index contributed by atoms with van der Waals surface area (Å²) in [6, 6.07) is 0. The van der Waals surface area contributed by atoms with Crippen LogP contribution >= 0.6 is 15.9 Å². The van der Waals surface area contributed by atoms with E-state index in [1.807, 2.05) is 6.08 Å². The topological polar surface area (TPSA) is 26.3 Å². The van der Waals surface area contributed by atoms with Crippen molar-refractivity contribution in [2.45, 2.75) is 26.2 Å². The minimum Gasteiger partial charge on any atom is -0.426 e. The molecule has 0 fully saturated rings. The summed E-state index contributed by atoms with van der Waals surface area (Å²) in [7, 11) is 0. The first-order chi connectivity index (χ1) is 7.16. The molecule has 3 heteroatoms. The second-order valence-electron chi connectivity index (χ2n) is 3.86. The number of allylic oxidation sites excluding steroid dienone is 5. The third-order valence-electron chi connectivity index (χ3n) is 2.66. The Labute approximate surface area is 97.8 Å². The van der Waals surface area contributed by atoms with E-state index in [0.29, 0.717) is 11.7 Å². The average Bonchev–Trinajstić information content (AvgIpc) is 2.18. The Morgan fingerprint density at radius 1 is 1.60 bits per heavy atom. The number of ether oxygens (including phenoxy) is 1. The Morgan fingerprint density at radius 3 is 3.13 bits per heavy atom. The predicted molar refractivity (Wildman–Crippen MR) is 62.3 cm³/mol. The number of hydrogen-bond acceptors (Lipinski definition) is 2. The summed E-state index contributed by atoms with van der Waals surface area (Å²) in [5, 5.41) is 0. The fourth-order valence-corrected chi connectivity index (χ4v) is 2.50. The predicted octanol–water partition coefficient (Wildman–Crippen LogP) is 3.45. The van der Waals surface area contributed by atoms with Gasteiger partial charge in [0.1, 0.15) is 5.76 Å². The summed E-state index contributed by atoms with van der Waals surface area (Å²) >= 11 is 3.43. The highest BCUT2D eigenvalue weighted by atomic mass is 79.9. The van der Waals surface area contributed by atoms with Crippen molar-refractivity contribution in [3.63, 3.8) is 0 Å². The van der Waals surface area contributed by atoms with Gasteiger partial charge in [-0.3, -0.25) is 4.79 Å². The molecule has 0 aromatic heterocycles. The van der Waals surface area contributed by atoms with Gasteiger partial charge < -0.3 is 4.74 Å². The van der Waals surface area contributed by atoms with Gasteiger partial charge in [0.15, 0.2) is 0 Å². The van der Waals surface area contributed by atoms with Crippen LogP contribution in [-0.4, -0.2) is 5.97 Å². The van der Waals surface area contributed by atoms with Crippen LogP contribution in [0.2, 0.25) is 0 Å². The van der Waals surface area contributed by atoms with Gasteiger partial charge in [0.05, 0.1) is 4.48 Å². The maximum absolute atomic E-state index is 10.9. The Morgan fingerprint density at radius 2 is 2.40 bits per heavy atom. The Hall–Kier alpha value is -0.830. The maximum atomic E-state index is 10.9. The van der Waals surface area contributed by atoms with Crippen molar-refractivity contribution < 1.29 is 9.53 Å². The molecule has 0 radical (unpaired) electrons. The maximum Gasteiger partial charge on any atom is 0.308 e. The zero-order valence-corrected chi connectivity index (χ0v) is 10.2. The van der Waals surface area contributed by atoms with E-state index in [-0.39, 0.29) is 5.97 Å². The summed E-state index contributed by atoms with van der Waals surface area (Å²) in [5.74, 6) is 0.848. The Kier molecular flexibility index (Phi) is 3.10. The van der Waals surface area contributed by atoms with Crippen LogP contribution in [0.4, 0.5) is 0 Å². The van der Waals surface area contributed by atoms with Crippen molar-refractivity contribution in [3.8, 4) is 0 Å². The lowest BCUT2D eigenvalue weighted by Gasteiger charge is -2.24. The normalized spacial score (nSPS) is 24.7. The van der Waals surface area contributed by atoms with E-state index in [2.05, 4.69) is 28.1 Å². The lowest BCUT2D eigenvalue weighted by Crippen LogP contribution is -2.11. The van der Waals surface area contributed by atoms with Crippen molar-refractivity contribution in [1.82, 2.24) is 0 Å². The molecule has 2 aliphatic rings. The molecule has 0 spiro atoms. The standard InChI is InChI=1S/C12H13BrO2/c1-8(14)15-12-7-10-5-3-2-4-9(10)6-11(12)13/h5-7,9H,2-4H2,1H3. The molecular formula is C12H13BrO2. The summed E-state index contributed by atoms with van der Waals surface area (Å²) < 4.78 is 6.01. The summed E-state index contributed by atoms with van der Waals surface area (Å²) in [6.45, 7) is 1.42. The van der Waals surface area contributed by atoms with Crippen LogP contribution in [0, 0.1) is 5.92 Å². The molecular weight excluding hydrogens is 256 g/mol. The Bertz CT molecular complexity index is 377. The van der Waals surface area contributed by atoms with Crippen LogP contribution < -0.4 is 0 Å². The zero-order chi connectivity index (χ0) is 10.8. The average molecular weight is 269 g/mol. The molecule has 0 aromatic carbocycles. The molecule has 2 nitrogen and oxygen atoms in total. The van der Waals surface area contributed by atoms with E-state index in [9.17, 15) is 4.79 Å². The van der Waals surface area contributed by atoms with Crippen LogP contribution in [0.3, 0.4) is 0 Å². The van der Waals surface area contributed by atoms with Crippen molar-refractivity contribution in [2.24, 2.45) is 5.92 Å². The SMILES string of the molecule is CC(=O)OC1=CC2=CCCCC2C=C1Br. The molecule has 0 aromatic rings. The first kappa shape index (κ1) is 10.7. The second kappa shape index (κ2) is 4.35. The highest BCUT2D eigenvalue weighted by Gasteiger charge is 2.22. The number of hydrogen-bond donors (Lipinski definition) is 0. The number of esters is 1. The smallest absolute Gasteiger partial charge is 0.308 e. The van der Waals surface area contributed by atoms with Crippen molar-refractivity contribution in [3.05, 3.63) is 34.0 Å². The van der Waals surface area contributed by atoms with Gasteiger partial charge in [-0.25, -0.2) is 0 Å². The van der Waals surface area contributed by atoms with Gasteiger partial charge >= 0.3 is 5.97 Å². The van der Waals surface area contributed by atoms with Crippen LogP contribution in [0.1, 0.15) is 26.2 Å². The van der Waals surface area contributed by atoms with Gasteiger partial charge in [-0.2, -0.15) is 0 Å². The highest BCUT2D eigenvalue weighted by molar-refractivity contribution is 9.11. The summed E-state index contributed by atoms with van der Waals surface area (Å²) in [5.41, 5.74) is 1.28. The molecule has 15 heavy (non-hydrogen) atoms. The fraction of sp³-hybridized carbons (Fsp3) is 0.417. The first-order valence-electron chi connectivity index (χ1n) is 5.14. The van der Waals surface area contributed by atoms with E-state index in [0.717, 1.165) is 10.9 Å². The van der Waals surface area contributed by atoms with Crippen LogP contribution in [0.5, 0.6) is 0 Å². The van der Waals surface area contributed by atoms with Crippen molar-refractivity contribution >= 4 is 21.9 Å². The number of rotatable bonds is 1. The number of carbonyl (C=O) groups is 1. The molecule has 80 valence electrons. The monoisotopic (exact) mass is 268 g/mol. The van der Waals surface area contributed by atoms with E-state index in [1.54, 1.807) is 0 Å². The fourth-order valence-electron chi connectivity index (χ4n) is 1.98. The second-order valence-corrected chi connectivity index (χ2v) is 4.71. The largest absolute Gasteiger partial charge is 0.426 e. The molecule has 0 bridgehead atoms. The molecule has 0 amide bonds. The zero-order valence-electron chi connectivity index (χ0n) is 8.63. The van der Waals surface area contributed by atoms with Crippen LogP contribution in [0.25, 0.3) is 0 Å². The van der Waals surface area contributed by atoms with Gasteiger partial charge in [0, 0.05) is 12.8 Å². The molecule has 1 atom stereocenters. The third-order valence-corrected chi connectivity index (χ3v) is 3.32. The third kappa shape index (κ3) is 2.40. The van der Waals surface area contributed by atoms with E-state index in [4.69, 9.17) is 4.74 Å². The van der Waals surface area contributed by atoms with Crippen molar-refractivity contribution in [1.29, 1.82) is 0 Å². The van der Waals surface area contributed by atoms with E-state index >= 15 is 0 Å². The lowest BCUT2D eigenvalue weighted by atomic mass is 9.84. The molecule has 1 unspecified atom stereocenters. The van der Waals surface area contributed by atoms with E-state index in [1.165, 1.54) is 25.3 Å². The summed E-state index contributed by atoms with van der Waals surface area (Å²) in [4.78, 5) is 10.9. The minimum absolute atomic E-state index is 0.276. The molecule has 0 heterocycles. The van der Waals surface area contributed by atoms with Gasteiger partial charge in [-0.15, -0.1) is 0 Å². The molecule has 0 aliphatic heterocycles. The molecule has 2 aliphatic carbocycles. The molecule has 0 saturated carbocycles. The van der Waals surface area contributed by atoms with Gasteiger partial charge in [0.2, 0.25) is 0 Å². The lowest BCUT2D eigenvalue weighted by molar-refractivity contribution is -0.136. The first-order valence-corrected chi connectivity index (χ1v) is 5.94. The molecule has 0 N–H and O–H groups in total. The van der Waals surface area contributed by atoms with Gasteiger partial charge in [-0.1, -0.05) is 12.2 Å². The number of halogens is 1.